The van der Waals surface area contributed by atoms with Gasteiger partial charge in [0.1, 0.15) is 12.3 Å². The fourth-order valence-corrected chi connectivity index (χ4v) is 6.32. The zero-order valence-electron chi connectivity index (χ0n) is 21.0. The quantitative estimate of drug-likeness (QED) is 0.180. The summed E-state index contributed by atoms with van der Waals surface area (Å²) in [5.41, 5.74) is 2.01. The molecule has 0 fully saturated rings. The van der Waals surface area contributed by atoms with Gasteiger partial charge in [-0.15, -0.1) is 11.8 Å². The van der Waals surface area contributed by atoms with Crippen LogP contribution in [0.5, 0.6) is 5.75 Å². The van der Waals surface area contributed by atoms with Crippen LogP contribution in [0.15, 0.2) is 107 Å². The Morgan fingerprint density at radius 2 is 1.49 bits per heavy atom. The number of sulfonamides is 1. The third-order valence-electron chi connectivity index (χ3n) is 5.59. The van der Waals surface area contributed by atoms with E-state index in [4.69, 9.17) is 27.9 Å². The first kappa shape index (κ1) is 28.8. The predicted molar refractivity (Wildman–Crippen MR) is 160 cm³/mol. The van der Waals surface area contributed by atoms with Crippen LogP contribution in [0.4, 0.5) is 11.4 Å². The Morgan fingerprint density at radius 1 is 0.872 bits per heavy atom. The van der Waals surface area contributed by atoms with Crippen LogP contribution in [-0.4, -0.2) is 27.5 Å². The van der Waals surface area contributed by atoms with E-state index in [1.807, 2.05) is 49.4 Å². The van der Waals surface area contributed by atoms with Crippen molar-refractivity contribution in [3.8, 4) is 5.75 Å². The van der Waals surface area contributed by atoms with E-state index in [2.05, 4.69) is 5.32 Å². The molecule has 39 heavy (non-hydrogen) atoms. The lowest BCUT2D eigenvalue weighted by Gasteiger charge is -2.24. The largest absolute Gasteiger partial charge is 0.494 e. The second-order valence-corrected chi connectivity index (χ2v) is 12.1. The first-order valence-electron chi connectivity index (χ1n) is 12.0. The maximum absolute atomic E-state index is 13.7. The minimum atomic E-state index is -4.09. The lowest BCUT2D eigenvalue weighted by Crippen LogP contribution is -2.38. The van der Waals surface area contributed by atoms with E-state index in [0.29, 0.717) is 39.5 Å². The maximum Gasteiger partial charge on any atom is 0.264 e. The van der Waals surface area contributed by atoms with Crippen LogP contribution in [-0.2, 0) is 20.6 Å². The van der Waals surface area contributed by atoms with Crippen LogP contribution in [0.2, 0.25) is 10.0 Å². The summed E-state index contributed by atoms with van der Waals surface area (Å²) in [6.45, 7) is 1.90. The summed E-state index contributed by atoms with van der Waals surface area (Å²) >= 11 is 13.5. The van der Waals surface area contributed by atoms with E-state index >= 15 is 0 Å². The summed E-state index contributed by atoms with van der Waals surface area (Å²) in [5.74, 6) is 0.787. The van der Waals surface area contributed by atoms with Gasteiger partial charge < -0.3 is 10.1 Å². The standard InChI is InChI=1S/C29H26Cl2N2O4S2/c1-2-37-25-15-13-24(14-16-25)33(39(35,36)26-17-11-23(31)12-18-26)19-29(34)32-27-5-3-4-6-28(27)38-20-21-7-9-22(30)10-8-21/h3-18H,2,19-20H2,1H3,(H,32,34). The molecule has 0 unspecified atom stereocenters. The number of anilines is 2. The number of carbonyl (C=O) groups excluding carboxylic acids is 1. The van der Waals surface area contributed by atoms with Crippen molar-refractivity contribution >= 4 is 62.3 Å². The Morgan fingerprint density at radius 3 is 2.13 bits per heavy atom. The summed E-state index contributed by atoms with van der Waals surface area (Å²) in [7, 11) is -4.09. The zero-order chi connectivity index (χ0) is 27.8. The Kier molecular flexibility index (Phi) is 9.80. The molecule has 0 atom stereocenters. The number of nitrogens with one attached hydrogen (secondary N) is 1. The number of hydrogen-bond donors (Lipinski definition) is 1. The molecule has 0 saturated carbocycles. The molecule has 4 aromatic rings. The maximum atomic E-state index is 13.7. The first-order chi connectivity index (χ1) is 18.8. The number of benzene rings is 4. The molecule has 1 N–H and O–H groups in total. The van der Waals surface area contributed by atoms with Crippen LogP contribution in [0, 0.1) is 0 Å². The number of para-hydroxylation sites is 1. The van der Waals surface area contributed by atoms with Crippen LogP contribution < -0.4 is 14.4 Å². The number of hydrogen-bond acceptors (Lipinski definition) is 5. The van der Waals surface area contributed by atoms with Gasteiger partial charge in [-0.3, -0.25) is 9.10 Å². The molecule has 0 radical (unpaired) electrons. The monoisotopic (exact) mass is 600 g/mol. The highest BCUT2D eigenvalue weighted by Gasteiger charge is 2.27. The molecule has 4 rings (SSSR count). The second kappa shape index (κ2) is 13.3. The van der Waals surface area contributed by atoms with Gasteiger partial charge in [-0.1, -0.05) is 47.5 Å². The molecule has 4 aromatic carbocycles. The molecular weight excluding hydrogens is 575 g/mol. The van der Waals surface area contributed by atoms with Gasteiger partial charge in [0.25, 0.3) is 10.0 Å². The molecule has 0 bridgehead atoms. The number of nitrogens with zero attached hydrogens (tertiary/aromatic N) is 1. The van der Waals surface area contributed by atoms with Crippen LogP contribution in [0.1, 0.15) is 12.5 Å². The highest BCUT2D eigenvalue weighted by Crippen LogP contribution is 2.31. The zero-order valence-corrected chi connectivity index (χ0v) is 24.2. The van der Waals surface area contributed by atoms with Crippen molar-refractivity contribution in [2.24, 2.45) is 0 Å². The molecule has 1 amide bonds. The van der Waals surface area contributed by atoms with Gasteiger partial charge in [0, 0.05) is 20.7 Å². The fraction of sp³-hybridized carbons (Fsp3) is 0.138. The number of rotatable bonds is 11. The summed E-state index contributed by atoms with van der Waals surface area (Å²) in [4.78, 5) is 14.2. The third-order valence-corrected chi connectivity index (χ3v) is 9.03. The van der Waals surface area contributed by atoms with Crippen molar-refractivity contribution in [3.05, 3.63) is 113 Å². The molecule has 0 heterocycles. The molecule has 0 spiro atoms. The average Bonchev–Trinajstić information content (AvgIpc) is 2.93. The Bertz CT molecular complexity index is 1510. The lowest BCUT2D eigenvalue weighted by molar-refractivity contribution is -0.114. The SMILES string of the molecule is CCOc1ccc(N(CC(=O)Nc2ccccc2SCc2ccc(Cl)cc2)S(=O)(=O)c2ccc(Cl)cc2)cc1. The molecular formula is C29H26Cl2N2O4S2. The van der Waals surface area contributed by atoms with Gasteiger partial charge >= 0.3 is 0 Å². The number of amides is 1. The van der Waals surface area contributed by atoms with Crippen LogP contribution in [0.25, 0.3) is 0 Å². The fourth-order valence-electron chi connectivity index (χ4n) is 3.68. The molecule has 0 aliphatic heterocycles. The van der Waals surface area contributed by atoms with Gasteiger partial charge in [0.05, 0.1) is 22.9 Å². The Balaban J connectivity index is 1.56. The van der Waals surface area contributed by atoms with Gasteiger partial charge in [0.15, 0.2) is 0 Å². The van der Waals surface area contributed by atoms with Gasteiger partial charge in [0.2, 0.25) is 5.91 Å². The van der Waals surface area contributed by atoms with E-state index in [9.17, 15) is 13.2 Å². The highest BCUT2D eigenvalue weighted by atomic mass is 35.5. The third kappa shape index (κ3) is 7.70. The summed E-state index contributed by atoms with van der Waals surface area (Å²) in [6.07, 6.45) is 0. The second-order valence-electron chi connectivity index (χ2n) is 8.35. The number of carbonyl (C=O) groups is 1. The average molecular weight is 602 g/mol. The van der Waals surface area contributed by atoms with Crippen LogP contribution in [0.3, 0.4) is 0 Å². The van der Waals surface area contributed by atoms with E-state index in [1.54, 1.807) is 42.1 Å². The summed E-state index contributed by atoms with van der Waals surface area (Å²) in [6, 6.07) is 27.4. The summed E-state index contributed by atoms with van der Waals surface area (Å²) in [5, 5.41) is 3.97. The van der Waals surface area contributed by atoms with E-state index in [-0.39, 0.29) is 4.90 Å². The van der Waals surface area contributed by atoms with Crippen molar-refractivity contribution in [2.45, 2.75) is 22.5 Å². The minimum absolute atomic E-state index is 0.0208. The highest BCUT2D eigenvalue weighted by molar-refractivity contribution is 7.98. The number of thioether (sulfide) groups is 1. The molecule has 0 aliphatic rings. The van der Waals surface area contributed by atoms with Gasteiger partial charge in [-0.05, 0) is 85.3 Å². The molecule has 10 heteroatoms. The van der Waals surface area contributed by atoms with E-state index in [0.717, 1.165) is 14.8 Å². The Hall–Kier alpha value is -3.17. The van der Waals surface area contributed by atoms with Gasteiger partial charge in [-0.25, -0.2) is 8.42 Å². The first-order valence-corrected chi connectivity index (χ1v) is 15.2. The number of halogens is 2. The number of ether oxygens (including phenoxy) is 1. The Labute approximate surface area is 243 Å². The van der Waals surface area contributed by atoms with Crippen molar-refractivity contribution in [1.29, 1.82) is 0 Å². The van der Waals surface area contributed by atoms with Crippen molar-refractivity contribution in [2.75, 3.05) is 22.8 Å². The van der Waals surface area contributed by atoms with Crippen molar-refractivity contribution < 1.29 is 17.9 Å². The molecule has 202 valence electrons. The van der Waals surface area contributed by atoms with Crippen molar-refractivity contribution in [1.82, 2.24) is 0 Å². The topological polar surface area (TPSA) is 75.7 Å². The van der Waals surface area contributed by atoms with Crippen LogP contribution >= 0.6 is 35.0 Å². The molecule has 0 saturated heterocycles. The summed E-state index contributed by atoms with van der Waals surface area (Å²) < 4.78 is 33.9. The normalized spacial score (nSPS) is 11.2. The minimum Gasteiger partial charge on any atom is -0.494 e. The van der Waals surface area contributed by atoms with E-state index < -0.39 is 22.5 Å². The van der Waals surface area contributed by atoms with E-state index in [1.165, 1.54) is 24.3 Å². The smallest absolute Gasteiger partial charge is 0.264 e. The predicted octanol–water partition coefficient (Wildman–Crippen LogP) is 7.52. The van der Waals surface area contributed by atoms with Crippen molar-refractivity contribution in [3.63, 3.8) is 0 Å². The molecule has 0 aliphatic carbocycles. The van der Waals surface area contributed by atoms with Gasteiger partial charge in [-0.2, -0.15) is 0 Å². The molecule has 6 nitrogen and oxygen atoms in total. The lowest BCUT2D eigenvalue weighted by atomic mass is 10.2. The molecule has 0 aromatic heterocycles.